The van der Waals surface area contributed by atoms with Crippen molar-refractivity contribution in [3.05, 3.63) is 34.8 Å². The van der Waals surface area contributed by atoms with E-state index in [1.165, 1.54) is 29.9 Å². The Labute approximate surface area is 159 Å². The van der Waals surface area contributed by atoms with Gasteiger partial charge in [-0.2, -0.15) is 0 Å². The molecule has 0 radical (unpaired) electrons. The molecular weight excluding hydrogens is 346 g/mol. The van der Waals surface area contributed by atoms with Crippen LogP contribution in [0.15, 0.2) is 24.3 Å². The molecule has 26 heavy (non-hydrogen) atoms. The van der Waals surface area contributed by atoms with Crippen LogP contribution in [0.1, 0.15) is 41.6 Å². The van der Waals surface area contributed by atoms with Gasteiger partial charge < -0.3 is 9.80 Å². The van der Waals surface area contributed by atoms with Gasteiger partial charge in [0.1, 0.15) is 5.01 Å². The summed E-state index contributed by atoms with van der Waals surface area (Å²) >= 11 is 1.47. The average Bonchev–Trinajstić information content (AvgIpc) is 3.10. The lowest BCUT2D eigenvalue weighted by Gasteiger charge is -2.34. The summed E-state index contributed by atoms with van der Waals surface area (Å²) in [5.74, 6) is -0.133. The maximum atomic E-state index is 12.4. The SMILES string of the molecule is CCCCCc1nnc(NC(=O)c2ccc(N3CCN(C)CC3)cc2)s1. The first-order chi connectivity index (χ1) is 12.7. The largest absolute Gasteiger partial charge is 0.369 e. The molecule has 140 valence electrons. The highest BCUT2D eigenvalue weighted by atomic mass is 32.1. The minimum Gasteiger partial charge on any atom is -0.369 e. The van der Waals surface area contributed by atoms with Gasteiger partial charge in [0.2, 0.25) is 5.13 Å². The molecule has 1 amide bonds. The van der Waals surface area contributed by atoms with Crippen molar-refractivity contribution < 1.29 is 4.79 Å². The Bertz CT molecular complexity index is 707. The van der Waals surface area contributed by atoms with Gasteiger partial charge >= 0.3 is 0 Å². The summed E-state index contributed by atoms with van der Waals surface area (Å²) in [5, 5.41) is 12.7. The Balaban J connectivity index is 1.55. The Morgan fingerprint density at radius 3 is 2.54 bits per heavy atom. The zero-order valence-electron chi connectivity index (χ0n) is 15.6. The lowest BCUT2D eigenvalue weighted by atomic mass is 10.1. The second-order valence-electron chi connectivity index (χ2n) is 6.75. The number of carbonyl (C=O) groups is 1. The molecule has 0 saturated carbocycles. The van der Waals surface area contributed by atoms with E-state index in [9.17, 15) is 4.79 Å². The van der Waals surface area contributed by atoms with Gasteiger partial charge in [-0.15, -0.1) is 10.2 Å². The standard InChI is InChI=1S/C19H27N5OS/c1-3-4-5-6-17-21-22-19(26-17)20-18(25)15-7-9-16(10-8-15)24-13-11-23(2)12-14-24/h7-10H,3-6,11-14H2,1-2H3,(H,20,22,25). The van der Waals surface area contributed by atoms with E-state index in [-0.39, 0.29) is 5.91 Å². The lowest BCUT2D eigenvalue weighted by molar-refractivity contribution is 0.102. The molecule has 1 aromatic heterocycles. The van der Waals surface area contributed by atoms with E-state index in [4.69, 9.17) is 0 Å². The molecule has 0 spiro atoms. The smallest absolute Gasteiger partial charge is 0.257 e. The maximum absolute atomic E-state index is 12.4. The molecule has 1 N–H and O–H groups in total. The van der Waals surface area contributed by atoms with E-state index in [0.717, 1.165) is 44.0 Å². The molecule has 0 unspecified atom stereocenters. The van der Waals surface area contributed by atoms with Gasteiger partial charge in [-0.1, -0.05) is 31.1 Å². The quantitative estimate of drug-likeness (QED) is 0.755. The van der Waals surface area contributed by atoms with Crippen LogP contribution in [0.5, 0.6) is 0 Å². The Morgan fingerprint density at radius 1 is 1.12 bits per heavy atom. The number of anilines is 2. The molecule has 2 heterocycles. The molecular formula is C19H27N5OS. The van der Waals surface area contributed by atoms with Crippen LogP contribution in [0.3, 0.4) is 0 Å². The van der Waals surface area contributed by atoms with Gasteiger partial charge in [-0.05, 0) is 37.7 Å². The summed E-state index contributed by atoms with van der Waals surface area (Å²) in [6, 6.07) is 7.81. The predicted molar refractivity (Wildman–Crippen MR) is 107 cm³/mol. The highest BCUT2D eigenvalue weighted by molar-refractivity contribution is 7.15. The van der Waals surface area contributed by atoms with Crippen LogP contribution in [0.2, 0.25) is 0 Å². The number of aryl methyl sites for hydroxylation is 1. The monoisotopic (exact) mass is 373 g/mol. The van der Waals surface area contributed by atoms with Gasteiger partial charge in [0.05, 0.1) is 0 Å². The number of rotatable bonds is 7. The fourth-order valence-electron chi connectivity index (χ4n) is 2.99. The van der Waals surface area contributed by atoms with Crippen molar-refractivity contribution in [1.82, 2.24) is 15.1 Å². The van der Waals surface area contributed by atoms with Gasteiger partial charge in [0, 0.05) is 43.9 Å². The summed E-state index contributed by atoms with van der Waals surface area (Å²) in [5.41, 5.74) is 1.81. The maximum Gasteiger partial charge on any atom is 0.257 e. The number of carbonyl (C=O) groups excluding carboxylic acids is 1. The van der Waals surface area contributed by atoms with Crippen LogP contribution in [0.25, 0.3) is 0 Å². The van der Waals surface area contributed by atoms with Crippen LogP contribution in [-0.2, 0) is 6.42 Å². The summed E-state index contributed by atoms with van der Waals surface area (Å²) in [6.45, 7) is 6.36. The van der Waals surface area contributed by atoms with E-state index in [2.05, 4.69) is 39.3 Å². The van der Waals surface area contributed by atoms with Crippen molar-refractivity contribution in [2.45, 2.75) is 32.6 Å². The third-order valence-electron chi connectivity index (χ3n) is 4.68. The molecule has 0 atom stereocenters. The first-order valence-corrected chi connectivity index (χ1v) is 10.1. The molecule has 1 aliphatic heterocycles. The normalized spacial score (nSPS) is 15.2. The molecule has 1 saturated heterocycles. The Morgan fingerprint density at radius 2 is 1.85 bits per heavy atom. The third kappa shape index (κ3) is 5.02. The van der Waals surface area contributed by atoms with Gasteiger partial charge in [-0.3, -0.25) is 10.1 Å². The van der Waals surface area contributed by atoms with E-state index < -0.39 is 0 Å². The molecule has 1 aromatic carbocycles. The number of nitrogens with one attached hydrogen (secondary N) is 1. The van der Waals surface area contributed by atoms with Crippen molar-refractivity contribution in [2.75, 3.05) is 43.4 Å². The van der Waals surface area contributed by atoms with Crippen LogP contribution in [0.4, 0.5) is 10.8 Å². The average molecular weight is 374 g/mol. The van der Waals surface area contributed by atoms with Crippen molar-refractivity contribution in [1.29, 1.82) is 0 Å². The number of unbranched alkanes of at least 4 members (excludes halogenated alkanes) is 2. The molecule has 1 fully saturated rings. The minimum atomic E-state index is -0.133. The number of benzene rings is 1. The molecule has 2 aromatic rings. The fourth-order valence-corrected chi connectivity index (χ4v) is 3.77. The van der Waals surface area contributed by atoms with Crippen molar-refractivity contribution >= 4 is 28.1 Å². The van der Waals surface area contributed by atoms with E-state index in [0.29, 0.717) is 10.7 Å². The lowest BCUT2D eigenvalue weighted by Crippen LogP contribution is -2.44. The number of hydrogen-bond donors (Lipinski definition) is 1. The van der Waals surface area contributed by atoms with Crippen molar-refractivity contribution in [3.8, 4) is 0 Å². The number of aromatic nitrogens is 2. The molecule has 0 aliphatic carbocycles. The molecule has 0 bridgehead atoms. The van der Waals surface area contributed by atoms with Crippen molar-refractivity contribution in [3.63, 3.8) is 0 Å². The summed E-state index contributed by atoms with van der Waals surface area (Å²) in [4.78, 5) is 17.1. The second-order valence-corrected chi connectivity index (χ2v) is 7.81. The topological polar surface area (TPSA) is 61.4 Å². The van der Waals surface area contributed by atoms with Crippen LogP contribution in [-0.4, -0.2) is 54.2 Å². The number of amides is 1. The van der Waals surface area contributed by atoms with Crippen LogP contribution in [0, 0.1) is 0 Å². The Hall–Kier alpha value is -1.99. The third-order valence-corrected chi connectivity index (χ3v) is 5.58. The Kier molecular flexibility index (Phi) is 6.57. The summed E-state index contributed by atoms with van der Waals surface area (Å²) < 4.78 is 0. The zero-order chi connectivity index (χ0) is 18.4. The van der Waals surface area contributed by atoms with Crippen molar-refractivity contribution in [2.24, 2.45) is 0 Å². The second kappa shape index (κ2) is 9.09. The molecule has 6 nitrogen and oxygen atoms in total. The molecule has 7 heteroatoms. The first-order valence-electron chi connectivity index (χ1n) is 9.33. The van der Waals surface area contributed by atoms with Gasteiger partial charge in [0.15, 0.2) is 0 Å². The number of hydrogen-bond acceptors (Lipinski definition) is 6. The van der Waals surface area contributed by atoms with Gasteiger partial charge in [-0.25, -0.2) is 0 Å². The predicted octanol–water partition coefficient (Wildman–Crippen LogP) is 3.27. The molecule has 3 rings (SSSR count). The van der Waals surface area contributed by atoms with Crippen LogP contribution < -0.4 is 10.2 Å². The highest BCUT2D eigenvalue weighted by Crippen LogP contribution is 2.20. The molecule has 1 aliphatic rings. The van der Waals surface area contributed by atoms with Crippen LogP contribution >= 0.6 is 11.3 Å². The van der Waals surface area contributed by atoms with E-state index in [1.54, 1.807) is 0 Å². The van der Waals surface area contributed by atoms with Gasteiger partial charge in [0.25, 0.3) is 5.91 Å². The fraction of sp³-hybridized carbons (Fsp3) is 0.526. The van der Waals surface area contributed by atoms with E-state index >= 15 is 0 Å². The summed E-state index contributed by atoms with van der Waals surface area (Å²) in [6.07, 6.45) is 4.43. The first kappa shape index (κ1) is 18.8. The number of nitrogens with zero attached hydrogens (tertiary/aromatic N) is 4. The minimum absolute atomic E-state index is 0.133. The number of piperazine rings is 1. The van der Waals surface area contributed by atoms with E-state index in [1.807, 2.05) is 24.3 Å². The zero-order valence-corrected chi connectivity index (χ0v) is 16.4. The summed E-state index contributed by atoms with van der Waals surface area (Å²) in [7, 11) is 2.15. The highest BCUT2D eigenvalue weighted by Gasteiger charge is 2.15. The number of likely N-dealkylation sites (N-methyl/N-ethyl adjacent to an activating group) is 1.